The van der Waals surface area contributed by atoms with E-state index in [4.69, 9.17) is 16.3 Å². The van der Waals surface area contributed by atoms with Gasteiger partial charge in [0.1, 0.15) is 22.4 Å². The van der Waals surface area contributed by atoms with E-state index in [1.807, 2.05) is 55.5 Å². The SMILES string of the molecule is CCSC1=N/C(=C/c2ccccc2OCc2ccccc2Cl)C(=O)S1. The van der Waals surface area contributed by atoms with Gasteiger partial charge in [0.25, 0.3) is 0 Å². The average molecular weight is 390 g/mol. The number of hydrogen-bond acceptors (Lipinski definition) is 5. The lowest BCUT2D eigenvalue weighted by Gasteiger charge is -2.10. The highest BCUT2D eigenvalue weighted by atomic mass is 35.5. The van der Waals surface area contributed by atoms with Crippen LogP contribution >= 0.6 is 35.1 Å². The second-order valence-electron chi connectivity index (χ2n) is 5.15. The lowest BCUT2D eigenvalue weighted by Crippen LogP contribution is -1.98. The Morgan fingerprint density at radius 1 is 1.20 bits per heavy atom. The molecular formula is C19H16ClNO2S2. The zero-order chi connectivity index (χ0) is 17.6. The Hall–Kier alpha value is -1.69. The Morgan fingerprint density at radius 2 is 1.96 bits per heavy atom. The summed E-state index contributed by atoms with van der Waals surface area (Å²) in [6.45, 7) is 2.40. The van der Waals surface area contributed by atoms with Gasteiger partial charge in [0.05, 0.1) is 0 Å². The number of halogens is 1. The van der Waals surface area contributed by atoms with Gasteiger partial charge in [-0.2, -0.15) is 0 Å². The van der Waals surface area contributed by atoms with Crippen LogP contribution in [0.1, 0.15) is 18.1 Å². The van der Waals surface area contributed by atoms with Gasteiger partial charge in [-0.05, 0) is 35.7 Å². The van der Waals surface area contributed by atoms with E-state index in [2.05, 4.69) is 4.99 Å². The van der Waals surface area contributed by atoms with Crippen molar-refractivity contribution in [1.29, 1.82) is 0 Å². The number of hydrogen-bond donors (Lipinski definition) is 0. The lowest BCUT2D eigenvalue weighted by atomic mass is 10.1. The van der Waals surface area contributed by atoms with Gasteiger partial charge in [-0.1, -0.05) is 66.7 Å². The van der Waals surface area contributed by atoms with Gasteiger partial charge in [-0.15, -0.1) is 0 Å². The van der Waals surface area contributed by atoms with E-state index in [1.54, 1.807) is 17.8 Å². The third-order valence-corrected chi connectivity index (χ3v) is 5.68. The maximum Gasteiger partial charge on any atom is 0.244 e. The molecule has 0 bridgehead atoms. The minimum absolute atomic E-state index is 0.0307. The van der Waals surface area contributed by atoms with Gasteiger partial charge >= 0.3 is 0 Å². The fourth-order valence-corrected chi connectivity index (χ4v) is 4.15. The molecule has 0 radical (unpaired) electrons. The molecule has 0 fully saturated rings. The number of nitrogens with zero attached hydrogens (tertiary/aromatic N) is 1. The molecule has 0 atom stereocenters. The molecule has 6 heteroatoms. The monoisotopic (exact) mass is 389 g/mol. The van der Waals surface area contributed by atoms with Gasteiger partial charge in [0, 0.05) is 16.1 Å². The van der Waals surface area contributed by atoms with E-state index in [1.165, 1.54) is 11.8 Å². The van der Waals surface area contributed by atoms with Gasteiger partial charge in [-0.25, -0.2) is 4.99 Å². The van der Waals surface area contributed by atoms with Gasteiger partial charge < -0.3 is 4.74 Å². The van der Waals surface area contributed by atoms with Crippen LogP contribution in [0.4, 0.5) is 0 Å². The lowest BCUT2D eigenvalue weighted by molar-refractivity contribution is -0.107. The molecule has 2 aromatic rings. The molecule has 0 aromatic heterocycles. The van der Waals surface area contributed by atoms with Crippen molar-refractivity contribution in [2.75, 3.05) is 5.75 Å². The van der Waals surface area contributed by atoms with Crippen LogP contribution in [-0.2, 0) is 11.4 Å². The van der Waals surface area contributed by atoms with Crippen LogP contribution in [0.5, 0.6) is 5.75 Å². The van der Waals surface area contributed by atoms with E-state index < -0.39 is 0 Å². The predicted molar refractivity (Wildman–Crippen MR) is 108 cm³/mol. The molecule has 3 rings (SSSR count). The van der Waals surface area contributed by atoms with Crippen LogP contribution in [0.3, 0.4) is 0 Å². The van der Waals surface area contributed by atoms with Crippen LogP contribution < -0.4 is 4.74 Å². The summed E-state index contributed by atoms with van der Waals surface area (Å²) in [4.78, 5) is 16.5. The van der Waals surface area contributed by atoms with Crippen molar-refractivity contribution in [1.82, 2.24) is 0 Å². The number of carbonyl (C=O) groups excluding carboxylic acids is 1. The molecule has 0 spiro atoms. The molecule has 1 heterocycles. The zero-order valence-corrected chi connectivity index (χ0v) is 16.0. The van der Waals surface area contributed by atoms with Crippen molar-refractivity contribution in [2.45, 2.75) is 13.5 Å². The van der Waals surface area contributed by atoms with Crippen molar-refractivity contribution in [3.63, 3.8) is 0 Å². The summed E-state index contributed by atoms with van der Waals surface area (Å²) in [7, 11) is 0. The standard InChI is InChI=1S/C19H16ClNO2S2/c1-2-24-19-21-16(18(22)25-19)11-13-7-4-6-10-17(13)23-12-14-8-3-5-9-15(14)20/h3-11H,2,12H2,1H3/b16-11+. The number of ether oxygens (including phenoxy) is 1. The molecule has 3 nitrogen and oxygen atoms in total. The summed E-state index contributed by atoms with van der Waals surface area (Å²) < 4.78 is 6.72. The maximum atomic E-state index is 12.1. The second kappa shape index (κ2) is 8.61. The number of benzene rings is 2. The number of rotatable bonds is 5. The minimum atomic E-state index is -0.0307. The molecular weight excluding hydrogens is 374 g/mol. The third kappa shape index (κ3) is 4.69. The van der Waals surface area contributed by atoms with Gasteiger partial charge in [-0.3, -0.25) is 4.79 Å². The highest BCUT2D eigenvalue weighted by Gasteiger charge is 2.22. The van der Waals surface area contributed by atoms with Crippen molar-refractivity contribution in [2.24, 2.45) is 4.99 Å². The zero-order valence-electron chi connectivity index (χ0n) is 13.6. The molecule has 0 N–H and O–H groups in total. The first-order chi connectivity index (χ1) is 12.2. The van der Waals surface area contributed by atoms with Gasteiger partial charge in [0.15, 0.2) is 0 Å². The number of thioether (sulfide) groups is 2. The summed E-state index contributed by atoms with van der Waals surface area (Å²) in [6.07, 6.45) is 1.78. The summed E-state index contributed by atoms with van der Waals surface area (Å²) in [6, 6.07) is 15.2. The molecule has 0 unspecified atom stereocenters. The van der Waals surface area contributed by atoms with Crippen molar-refractivity contribution in [3.8, 4) is 5.75 Å². The van der Waals surface area contributed by atoms with Crippen LogP contribution in [0.25, 0.3) is 6.08 Å². The Balaban J connectivity index is 1.81. The van der Waals surface area contributed by atoms with Crippen molar-refractivity contribution < 1.29 is 9.53 Å². The molecule has 1 aliphatic heterocycles. The Kier molecular flexibility index (Phi) is 6.24. The van der Waals surface area contributed by atoms with E-state index in [0.29, 0.717) is 23.1 Å². The molecule has 2 aromatic carbocycles. The molecule has 0 amide bonds. The topological polar surface area (TPSA) is 38.7 Å². The molecule has 0 saturated carbocycles. The van der Waals surface area contributed by atoms with Gasteiger partial charge in [0.2, 0.25) is 5.12 Å². The largest absolute Gasteiger partial charge is 0.488 e. The highest BCUT2D eigenvalue weighted by Crippen LogP contribution is 2.32. The molecule has 25 heavy (non-hydrogen) atoms. The number of carbonyl (C=O) groups is 1. The summed E-state index contributed by atoms with van der Waals surface area (Å²) in [5.74, 6) is 1.59. The molecule has 128 valence electrons. The summed E-state index contributed by atoms with van der Waals surface area (Å²) in [5, 5.41) is 0.642. The highest BCUT2D eigenvalue weighted by molar-refractivity contribution is 8.45. The van der Waals surface area contributed by atoms with Crippen molar-refractivity contribution >= 4 is 50.7 Å². The molecule has 0 aliphatic carbocycles. The van der Waals surface area contributed by atoms with E-state index in [9.17, 15) is 4.79 Å². The summed E-state index contributed by atoms with van der Waals surface area (Å²) in [5.41, 5.74) is 2.19. The van der Waals surface area contributed by atoms with Crippen LogP contribution in [-0.4, -0.2) is 15.2 Å². The normalized spacial score (nSPS) is 15.5. The van der Waals surface area contributed by atoms with E-state index >= 15 is 0 Å². The first-order valence-corrected chi connectivity index (χ1v) is 9.96. The van der Waals surface area contributed by atoms with E-state index in [-0.39, 0.29) is 5.12 Å². The fraction of sp³-hybridized carbons (Fsp3) is 0.158. The summed E-state index contributed by atoms with van der Waals surface area (Å²) >= 11 is 8.93. The molecule has 0 saturated heterocycles. The second-order valence-corrected chi connectivity index (χ2v) is 8.03. The Labute approximate surface area is 160 Å². The predicted octanol–water partition coefficient (Wildman–Crippen LogP) is 5.64. The third-order valence-electron chi connectivity index (χ3n) is 3.42. The smallest absolute Gasteiger partial charge is 0.244 e. The van der Waals surface area contributed by atoms with Crippen LogP contribution in [0.15, 0.2) is 59.2 Å². The molecule has 1 aliphatic rings. The Morgan fingerprint density at radius 3 is 2.76 bits per heavy atom. The van der Waals surface area contributed by atoms with Crippen LogP contribution in [0, 0.1) is 0 Å². The minimum Gasteiger partial charge on any atom is -0.488 e. The van der Waals surface area contributed by atoms with Crippen LogP contribution in [0.2, 0.25) is 5.02 Å². The fourth-order valence-electron chi connectivity index (χ4n) is 2.22. The van der Waals surface area contributed by atoms with E-state index in [0.717, 1.165) is 21.3 Å². The maximum absolute atomic E-state index is 12.1. The number of aliphatic imine (C=N–C) groups is 1. The first-order valence-electron chi connectivity index (χ1n) is 7.78. The first kappa shape index (κ1) is 18.1. The van der Waals surface area contributed by atoms with Crippen molar-refractivity contribution in [3.05, 3.63) is 70.4 Å². The average Bonchev–Trinajstić information content (AvgIpc) is 2.95. The Bertz CT molecular complexity index is 849. The quantitative estimate of drug-likeness (QED) is 0.620. The number of para-hydroxylation sites is 1.